The first-order chi connectivity index (χ1) is 12.9. The second-order valence-electron chi connectivity index (χ2n) is 8.17. The van der Waals surface area contributed by atoms with Crippen LogP contribution in [0.2, 0.25) is 0 Å². The van der Waals surface area contributed by atoms with E-state index in [2.05, 4.69) is 6.92 Å². The molecule has 0 aliphatic heterocycles. The molecule has 0 aliphatic carbocycles. The number of rotatable bonds is 20. The summed E-state index contributed by atoms with van der Waals surface area (Å²) in [6.07, 6.45) is 18.4. The maximum atomic E-state index is 11.3. The third-order valence-electron chi connectivity index (χ3n) is 5.49. The minimum atomic E-state index is -4.14. The van der Waals surface area contributed by atoms with Gasteiger partial charge >= 0.3 is 51.4 Å². The van der Waals surface area contributed by atoms with Crippen LogP contribution in [0.3, 0.4) is 0 Å². The van der Waals surface area contributed by atoms with Crippen LogP contribution in [0.15, 0.2) is 0 Å². The van der Waals surface area contributed by atoms with Crippen LogP contribution >= 0.6 is 0 Å². The van der Waals surface area contributed by atoms with Gasteiger partial charge in [0.2, 0.25) is 0 Å². The summed E-state index contributed by atoms with van der Waals surface area (Å²) in [5.41, 5.74) is 0. The van der Waals surface area contributed by atoms with Crippen molar-refractivity contribution in [2.45, 2.75) is 141 Å². The molecule has 0 saturated heterocycles. The number of aliphatic hydroxyl groups excluding tert-OH is 1. The van der Waals surface area contributed by atoms with E-state index in [4.69, 9.17) is 0 Å². The van der Waals surface area contributed by atoms with Crippen molar-refractivity contribution in [2.75, 3.05) is 0 Å². The molecule has 0 bridgehead atoms. The fourth-order valence-corrected chi connectivity index (χ4v) is 4.54. The second kappa shape index (κ2) is 21.7. The van der Waals surface area contributed by atoms with E-state index in [0.717, 1.165) is 70.6 Å². The first kappa shape index (κ1) is 31.7. The van der Waals surface area contributed by atoms with Crippen molar-refractivity contribution in [3.8, 4) is 0 Å². The molecule has 0 saturated carbocycles. The molecule has 6 heteroatoms. The van der Waals surface area contributed by atoms with Gasteiger partial charge in [0.1, 0.15) is 0 Å². The van der Waals surface area contributed by atoms with Crippen molar-refractivity contribution in [3.63, 3.8) is 0 Å². The molecule has 2 unspecified atom stereocenters. The Labute approximate surface area is 218 Å². The number of aliphatic hydroxyl groups is 1. The van der Waals surface area contributed by atoms with Gasteiger partial charge in [0, 0.05) is 5.25 Å². The molecule has 0 spiro atoms. The molecule has 0 amide bonds. The molecular formula is C22H45KO4S. The van der Waals surface area contributed by atoms with E-state index < -0.39 is 15.4 Å². The summed E-state index contributed by atoms with van der Waals surface area (Å²) in [5, 5.41) is 9.33. The van der Waals surface area contributed by atoms with E-state index in [0.29, 0.717) is 12.8 Å². The molecule has 164 valence electrons. The zero-order valence-electron chi connectivity index (χ0n) is 19.0. The minimum absolute atomic E-state index is 0. The first-order valence-electron chi connectivity index (χ1n) is 11.5. The summed E-state index contributed by atoms with van der Waals surface area (Å²) in [6.45, 7) is 4.24. The smallest absolute Gasteiger partial charge is 0.748 e. The van der Waals surface area contributed by atoms with Crippen molar-refractivity contribution in [2.24, 2.45) is 0 Å². The number of unbranched alkanes of at least 4 members (excludes halogenated alkanes) is 11. The van der Waals surface area contributed by atoms with Gasteiger partial charge < -0.3 is 9.66 Å². The van der Waals surface area contributed by atoms with E-state index in [9.17, 15) is 18.1 Å². The summed E-state index contributed by atoms with van der Waals surface area (Å²) >= 11 is 0. The molecule has 1 N–H and O–H groups in total. The van der Waals surface area contributed by atoms with Crippen LogP contribution in [0.1, 0.15) is 129 Å². The first-order valence-corrected chi connectivity index (χ1v) is 13.0. The maximum Gasteiger partial charge on any atom is 1.00 e. The molecule has 0 aromatic carbocycles. The van der Waals surface area contributed by atoms with Gasteiger partial charge in [-0.2, -0.15) is 0 Å². The second-order valence-corrected chi connectivity index (χ2v) is 9.82. The predicted octanol–water partition coefficient (Wildman–Crippen LogP) is 3.33. The van der Waals surface area contributed by atoms with E-state index >= 15 is 0 Å². The van der Waals surface area contributed by atoms with Gasteiger partial charge in [-0.3, -0.25) is 0 Å². The third-order valence-corrected chi connectivity index (χ3v) is 6.78. The van der Waals surface area contributed by atoms with Crippen LogP contribution < -0.4 is 51.4 Å². The zero-order valence-corrected chi connectivity index (χ0v) is 22.9. The third kappa shape index (κ3) is 20.8. The summed E-state index contributed by atoms with van der Waals surface area (Å²) in [7, 11) is -4.14. The SMILES string of the molecule is CCCCCCCCC(O)CCCCCCCCC(CCCC)S(=O)(=O)[O-].[K+]. The molecule has 4 nitrogen and oxygen atoms in total. The van der Waals surface area contributed by atoms with Crippen molar-refractivity contribution in [1.29, 1.82) is 0 Å². The van der Waals surface area contributed by atoms with Crippen LogP contribution in [-0.4, -0.2) is 29.4 Å². The largest absolute Gasteiger partial charge is 1.00 e. The Hall–Kier alpha value is 1.51. The van der Waals surface area contributed by atoms with E-state index in [1.54, 1.807) is 0 Å². The van der Waals surface area contributed by atoms with Gasteiger partial charge in [0.15, 0.2) is 0 Å². The van der Waals surface area contributed by atoms with Gasteiger partial charge in [-0.1, -0.05) is 104 Å². The Morgan fingerprint density at radius 3 is 1.43 bits per heavy atom. The Morgan fingerprint density at radius 2 is 1.00 bits per heavy atom. The molecule has 0 heterocycles. The van der Waals surface area contributed by atoms with Crippen molar-refractivity contribution >= 4 is 10.1 Å². The van der Waals surface area contributed by atoms with E-state index in [-0.39, 0.29) is 57.5 Å². The van der Waals surface area contributed by atoms with Gasteiger partial charge in [0.05, 0.1) is 16.2 Å². The molecule has 0 aromatic rings. The molecule has 2 atom stereocenters. The molecule has 0 aliphatic rings. The summed E-state index contributed by atoms with van der Waals surface area (Å²) < 4.78 is 33.8. The van der Waals surface area contributed by atoms with Crippen LogP contribution in [0.5, 0.6) is 0 Å². The average molecular weight is 445 g/mol. The summed E-state index contributed by atoms with van der Waals surface area (Å²) in [6, 6.07) is 0. The molecule has 0 radical (unpaired) electrons. The van der Waals surface area contributed by atoms with Gasteiger partial charge in [-0.25, -0.2) is 8.42 Å². The summed E-state index contributed by atoms with van der Waals surface area (Å²) in [5.74, 6) is 0. The molecule has 0 aromatic heterocycles. The van der Waals surface area contributed by atoms with Gasteiger partial charge in [0.25, 0.3) is 0 Å². The molecule has 0 rings (SSSR count). The van der Waals surface area contributed by atoms with Crippen molar-refractivity contribution in [1.82, 2.24) is 0 Å². The normalized spacial score (nSPS) is 13.9. The standard InChI is InChI=1S/C22H46O4S.K/c1-3-5-7-8-11-14-17-21(23)18-15-12-9-10-13-16-20-22(19-6-4-2)27(24,25)26;/h21-23H,3-20H2,1-2H3,(H,24,25,26);/q;+1/p-1. The van der Waals surface area contributed by atoms with Gasteiger partial charge in [-0.15, -0.1) is 0 Å². The maximum absolute atomic E-state index is 11.3. The van der Waals surface area contributed by atoms with Crippen molar-refractivity contribution < 1.29 is 69.5 Å². The Morgan fingerprint density at radius 1 is 0.643 bits per heavy atom. The average Bonchev–Trinajstić information content (AvgIpc) is 2.61. The Bertz CT molecular complexity index is 415. The molecule has 28 heavy (non-hydrogen) atoms. The number of hydrogen-bond acceptors (Lipinski definition) is 4. The van der Waals surface area contributed by atoms with E-state index in [1.165, 1.54) is 32.1 Å². The quantitative estimate of drug-likeness (QED) is 0.177. The topological polar surface area (TPSA) is 77.4 Å². The van der Waals surface area contributed by atoms with Crippen LogP contribution in [0, 0.1) is 0 Å². The fourth-order valence-electron chi connectivity index (χ4n) is 3.63. The fraction of sp³-hybridized carbons (Fsp3) is 1.00. The molecule has 0 fully saturated rings. The Balaban J connectivity index is 0. The minimum Gasteiger partial charge on any atom is -0.748 e. The predicted molar refractivity (Wildman–Crippen MR) is 114 cm³/mol. The van der Waals surface area contributed by atoms with Crippen molar-refractivity contribution in [3.05, 3.63) is 0 Å². The molecular weight excluding hydrogens is 399 g/mol. The summed E-state index contributed by atoms with van der Waals surface area (Å²) in [4.78, 5) is 0. The Kier molecular flexibility index (Phi) is 24.6. The van der Waals surface area contributed by atoms with Gasteiger partial charge in [-0.05, 0) is 25.7 Å². The monoisotopic (exact) mass is 444 g/mol. The van der Waals surface area contributed by atoms with Crippen LogP contribution in [-0.2, 0) is 10.1 Å². The van der Waals surface area contributed by atoms with Crippen LogP contribution in [0.4, 0.5) is 0 Å². The number of hydrogen-bond donors (Lipinski definition) is 1. The zero-order chi connectivity index (χ0) is 20.4. The van der Waals surface area contributed by atoms with E-state index in [1.807, 2.05) is 6.92 Å². The van der Waals surface area contributed by atoms with Crippen LogP contribution in [0.25, 0.3) is 0 Å².